The van der Waals surface area contributed by atoms with Crippen LogP contribution in [0.1, 0.15) is 15.9 Å². The van der Waals surface area contributed by atoms with Crippen LogP contribution in [0, 0.1) is 12.7 Å². The molecule has 0 atom stereocenters. The van der Waals surface area contributed by atoms with Crippen molar-refractivity contribution in [3.8, 4) is 0 Å². The molecule has 2 aromatic carbocycles. The number of amides is 1. The van der Waals surface area contributed by atoms with Crippen molar-refractivity contribution in [2.24, 2.45) is 0 Å². The first-order chi connectivity index (χ1) is 15.3. The van der Waals surface area contributed by atoms with Gasteiger partial charge < -0.3 is 9.80 Å². The minimum Gasteiger partial charge on any atom is -0.368 e. The zero-order valence-electron chi connectivity index (χ0n) is 17.5. The van der Waals surface area contributed by atoms with E-state index in [0.717, 1.165) is 5.69 Å². The van der Waals surface area contributed by atoms with Gasteiger partial charge in [-0.15, -0.1) is 0 Å². The lowest BCUT2D eigenvalue weighted by atomic mass is 10.1. The molecule has 7 nitrogen and oxygen atoms in total. The Hall–Kier alpha value is -3.46. The molecule has 1 N–H and O–H groups in total. The molecule has 32 heavy (non-hydrogen) atoms. The van der Waals surface area contributed by atoms with Crippen molar-refractivity contribution in [3.05, 3.63) is 83.9 Å². The number of carbonyl (C=O) groups excluding carboxylic acids is 1. The predicted octanol–water partition coefficient (Wildman–Crippen LogP) is 3.29. The highest BCUT2D eigenvalue weighted by molar-refractivity contribution is 7.92. The number of sulfonamides is 1. The molecule has 166 valence electrons. The van der Waals surface area contributed by atoms with Crippen molar-refractivity contribution in [3.63, 3.8) is 0 Å². The monoisotopic (exact) mass is 454 g/mol. The molecule has 0 radical (unpaired) electrons. The fourth-order valence-electron chi connectivity index (χ4n) is 3.64. The highest BCUT2D eigenvalue weighted by atomic mass is 32.2. The summed E-state index contributed by atoms with van der Waals surface area (Å²) >= 11 is 0. The summed E-state index contributed by atoms with van der Waals surface area (Å²) in [5.41, 5.74) is 1.90. The van der Waals surface area contributed by atoms with Crippen molar-refractivity contribution in [1.82, 2.24) is 9.88 Å². The molecule has 0 aliphatic carbocycles. The fraction of sp³-hybridized carbons (Fsp3) is 0.217. The number of nitrogens with zero attached hydrogens (tertiary/aromatic N) is 3. The lowest BCUT2D eigenvalue weighted by Gasteiger charge is -2.36. The van der Waals surface area contributed by atoms with E-state index in [9.17, 15) is 17.6 Å². The second kappa shape index (κ2) is 8.96. The van der Waals surface area contributed by atoms with Crippen molar-refractivity contribution in [2.75, 3.05) is 35.8 Å². The standard InChI is InChI=1S/C23H23FN4O3S/c1-17-6-7-19(32(30,31)26-22-5-3-2-4-21(22)24)16-20(17)23(29)28-14-12-27(13-15-28)18-8-10-25-11-9-18/h2-11,16,26H,12-15H2,1H3. The number of pyridine rings is 1. The van der Waals surface area contributed by atoms with E-state index in [-0.39, 0.29) is 16.5 Å². The summed E-state index contributed by atoms with van der Waals surface area (Å²) in [6.07, 6.45) is 3.47. The van der Waals surface area contributed by atoms with Crippen LogP contribution in [-0.2, 0) is 10.0 Å². The van der Waals surface area contributed by atoms with Gasteiger partial charge in [-0.3, -0.25) is 14.5 Å². The van der Waals surface area contributed by atoms with Gasteiger partial charge in [0.2, 0.25) is 0 Å². The molecular weight excluding hydrogens is 431 g/mol. The van der Waals surface area contributed by atoms with Gasteiger partial charge in [0.15, 0.2) is 0 Å². The minimum absolute atomic E-state index is 0.0925. The van der Waals surface area contributed by atoms with Crippen molar-refractivity contribution < 1.29 is 17.6 Å². The van der Waals surface area contributed by atoms with Gasteiger partial charge >= 0.3 is 0 Å². The maximum atomic E-state index is 13.9. The predicted molar refractivity (Wildman–Crippen MR) is 121 cm³/mol. The van der Waals surface area contributed by atoms with Crippen LogP contribution in [0.15, 0.2) is 71.9 Å². The number of hydrogen-bond acceptors (Lipinski definition) is 5. The third kappa shape index (κ3) is 4.57. The van der Waals surface area contributed by atoms with Gasteiger partial charge in [0.05, 0.1) is 10.6 Å². The Kier molecular flexibility index (Phi) is 6.09. The number of para-hydroxylation sites is 1. The summed E-state index contributed by atoms with van der Waals surface area (Å²) < 4.78 is 41.8. The zero-order valence-corrected chi connectivity index (χ0v) is 18.3. The molecule has 1 fully saturated rings. The molecule has 3 aromatic rings. The van der Waals surface area contributed by atoms with Crippen LogP contribution in [0.3, 0.4) is 0 Å². The summed E-state index contributed by atoms with van der Waals surface area (Å²) in [5, 5.41) is 0. The average molecular weight is 455 g/mol. The Morgan fingerprint density at radius 3 is 2.38 bits per heavy atom. The van der Waals surface area contributed by atoms with E-state index in [4.69, 9.17) is 0 Å². The maximum Gasteiger partial charge on any atom is 0.262 e. The number of aryl methyl sites for hydroxylation is 1. The lowest BCUT2D eigenvalue weighted by Crippen LogP contribution is -2.49. The van der Waals surface area contributed by atoms with Crippen LogP contribution in [0.4, 0.5) is 15.8 Å². The summed E-state index contributed by atoms with van der Waals surface area (Å²) in [5.74, 6) is -0.897. The normalized spacial score (nSPS) is 14.3. The van der Waals surface area contributed by atoms with Crippen LogP contribution < -0.4 is 9.62 Å². The Morgan fingerprint density at radius 2 is 1.69 bits per heavy atom. The Balaban J connectivity index is 1.51. The van der Waals surface area contributed by atoms with Crippen molar-refractivity contribution >= 4 is 27.3 Å². The van der Waals surface area contributed by atoms with Gasteiger partial charge in [-0.25, -0.2) is 12.8 Å². The number of piperazine rings is 1. The Bertz CT molecular complexity index is 1230. The highest BCUT2D eigenvalue weighted by Crippen LogP contribution is 2.23. The number of anilines is 2. The van der Waals surface area contributed by atoms with E-state index in [2.05, 4.69) is 14.6 Å². The molecule has 0 saturated carbocycles. The van der Waals surface area contributed by atoms with Crippen LogP contribution in [0.25, 0.3) is 0 Å². The number of carbonyl (C=O) groups is 1. The zero-order chi connectivity index (χ0) is 22.7. The van der Waals surface area contributed by atoms with Gasteiger partial charge in [0, 0.05) is 49.8 Å². The summed E-state index contributed by atoms with van der Waals surface area (Å²) in [6, 6.07) is 13.8. The largest absolute Gasteiger partial charge is 0.368 e. The smallest absolute Gasteiger partial charge is 0.262 e. The van der Waals surface area contributed by atoms with E-state index in [1.54, 1.807) is 30.3 Å². The third-order valence-corrected chi connectivity index (χ3v) is 6.83. The van der Waals surface area contributed by atoms with Gasteiger partial charge in [-0.05, 0) is 48.9 Å². The summed E-state index contributed by atoms with van der Waals surface area (Å²) in [6.45, 7) is 4.14. The third-order valence-electron chi connectivity index (χ3n) is 5.46. The SMILES string of the molecule is Cc1ccc(S(=O)(=O)Nc2ccccc2F)cc1C(=O)N1CCN(c2ccncc2)CC1. The number of benzene rings is 2. The molecule has 1 amide bonds. The van der Waals surface area contributed by atoms with E-state index in [1.165, 1.54) is 36.4 Å². The molecule has 0 bridgehead atoms. The number of aromatic nitrogens is 1. The van der Waals surface area contributed by atoms with E-state index >= 15 is 0 Å². The van der Waals surface area contributed by atoms with Gasteiger partial charge in [-0.1, -0.05) is 18.2 Å². The van der Waals surface area contributed by atoms with Gasteiger partial charge in [0.25, 0.3) is 15.9 Å². The minimum atomic E-state index is -4.06. The number of hydrogen-bond donors (Lipinski definition) is 1. The molecule has 1 aliphatic heterocycles. The topological polar surface area (TPSA) is 82.6 Å². The van der Waals surface area contributed by atoms with Gasteiger partial charge in [0.1, 0.15) is 5.82 Å². The van der Waals surface area contributed by atoms with Crippen LogP contribution in [0.2, 0.25) is 0 Å². The van der Waals surface area contributed by atoms with Crippen LogP contribution >= 0.6 is 0 Å². The first-order valence-electron chi connectivity index (χ1n) is 10.2. The Morgan fingerprint density at radius 1 is 1.00 bits per heavy atom. The molecule has 0 unspecified atom stereocenters. The van der Waals surface area contributed by atoms with Crippen LogP contribution in [0.5, 0.6) is 0 Å². The van der Waals surface area contributed by atoms with E-state index < -0.39 is 15.8 Å². The first kappa shape index (κ1) is 21.8. The quantitative estimate of drug-likeness (QED) is 0.640. The maximum absolute atomic E-state index is 13.9. The van der Waals surface area contributed by atoms with Gasteiger partial charge in [-0.2, -0.15) is 0 Å². The molecule has 2 heterocycles. The first-order valence-corrected chi connectivity index (χ1v) is 11.7. The van der Waals surface area contributed by atoms with Crippen LogP contribution in [-0.4, -0.2) is 50.4 Å². The molecule has 1 saturated heterocycles. The van der Waals surface area contributed by atoms with E-state index in [0.29, 0.717) is 37.3 Å². The Labute approximate surface area is 186 Å². The molecular formula is C23H23FN4O3S. The second-order valence-electron chi connectivity index (χ2n) is 7.55. The number of rotatable bonds is 5. The number of halogens is 1. The number of nitrogens with one attached hydrogen (secondary N) is 1. The van der Waals surface area contributed by atoms with Crippen molar-refractivity contribution in [1.29, 1.82) is 0 Å². The summed E-state index contributed by atoms with van der Waals surface area (Å²) in [7, 11) is -4.06. The van der Waals surface area contributed by atoms with E-state index in [1.807, 2.05) is 12.1 Å². The summed E-state index contributed by atoms with van der Waals surface area (Å²) in [4.78, 5) is 21.0. The second-order valence-corrected chi connectivity index (χ2v) is 9.23. The highest BCUT2D eigenvalue weighted by Gasteiger charge is 2.25. The average Bonchev–Trinajstić information content (AvgIpc) is 2.81. The molecule has 1 aliphatic rings. The van der Waals surface area contributed by atoms with Crippen molar-refractivity contribution in [2.45, 2.75) is 11.8 Å². The molecule has 9 heteroatoms. The fourth-order valence-corrected chi connectivity index (χ4v) is 4.73. The molecule has 0 spiro atoms. The lowest BCUT2D eigenvalue weighted by molar-refractivity contribution is 0.0746. The molecule has 4 rings (SSSR count). The molecule has 1 aromatic heterocycles.